The first-order valence-electron chi connectivity index (χ1n) is 10.3. The van der Waals surface area contributed by atoms with Crippen molar-refractivity contribution in [1.29, 1.82) is 0 Å². The van der Waals surface area contributed by atoms with Crippen LogP contribution in [0.3, 0.4) is 0 Å². The third-order valence-corrected chi connectivity index (χ3v) is 5.68. The van der Waals surface area contributed by atoms with Crippen molar-refractivity contribution in [3.05, 3.63) is 64.5 Å². The van der Waals surface area contributed by atoms with Gasteiger partial charge in [-0.05, 0) is 59.7 Å². The number of amides is 1. The second-order valence-corrected chi connectivity index (χ2v) is 7.80. The van der Waals surface area contributed by atoms with Crippen LogP contribution in [0.2, 0.25) is 0 Å². The maximum Gasteiger partial charge on any atom is 0.387 e. The fraction of sp³-hybridized carbons (Fsp3) is 0.333. The largest absolute Gasteiger partial charge is 0.435 e. The standard InChI is InChI=1S/C24H22F3N3O2/c1-3-4-5-15-12-16(8-10-19(15)25)24(21(31)30(2)23(28)29-24)17-9-11-20(32-22(26)27)18(13-17)14-6-7-14/h8-14,22H,3,6-7H2,1-2H3,(H2,28,29). The normalized spacial score (nSPS) is 20.2. The third-order valence-electron chi connectivity index (χ3n) is 5.68. The van der Waals surface area contributed by atoms with Crippen molar-refractivity contribution in [2.45, 2.75) is 44.3 Å². The van der Waals surface area contributed by atoms with E-state index < -0.39 is 23.9 Å². The number of carbonyl (C=O) groups is 1. The molecule has 1 amide bonds. The Bertz CT molecular complexity index is 1160. The number of aliphatic imine (C=N–C) groups is 1. The molecule has 32 heavy (non-hydrogen) atoms. The highest BCUT2D eigenvalue weighted by molar-refractivity contribution is 6.09. The van der Waals surface area contributed by atoms with Crippen molar-refractivity contribution in [2.24, 2.45) is 10.7 Å². The van der Waals surface area contributed by atoms with Crippen molar-refractivity contribution in [1.82, 2.24) is 4.90 Å². The molecule has 1 unspecified atom stereocenters. The van der Waals surface area contributed by atoms with Gasteiger partial charge in [0.25, 0.3) is 5.91 Å². The molecule has 1 heterocycles. The highest BCUT2D eigenvalue weighted by Crippen LogP contribution is 2.48. The second-order valence-electron chi connectivity index (χ2n) is 7.80. The molecule has 1 saturated carbocycles. The summed E-state index contributed by atoms with van der Waals surface area (Å²) in [5.41, 5.74) is 5.98. The van der Waals surface area contributed by atoms with Crippen LogP contribution in [0.4, 0.5) is 13.2 Å². The number of rotatable bonds is 5. The lowest BCUT2D eigenvalue weighted by Gasteiger charge is -2.27. The molecule has 1 fully saturated rings. The average molecular weight is 441 g/mol. The maximum atomic E-state index is 14.4. The second kappa shape index (κ2) is 8.23. The van der Waals surface area contributed by atoms with Crippen LogP contribution in [0.1, 0.15) is 54.4 Å². The van der Waals surface area contributed by atoms with E-state index in [0.717, 1.165) is 12.8 Å². The lowest BCUT2D eigenvalue weighted by molar-refractivity contribution is -0.129. The summed E-state index contributed by atoms with van der Waals surface area (Å²) in [6.07, 6.45) is 2.21. The molecule has 4 rings (SSSR count). The molecule has 0 spiro atoms. The number of alkyl halides is 2. The summed E-state index contributed by atoms with van der Waals surface area (Å²) in [7, 11) is 1.50. The molecule has 0 saturated heterocycles. The van der Waals surface area contributed by atoms with Crippen LogP contribution < -0.4 is 10.5 Å². The molecule has 0 bridgehead atoms. The van der Waals surface area contributed by atoms with Gasteiger partial charge in [0.1, 0.15) is 11.6 Å². The fourth-order valence-electron chi connectivity index (χ4n) is 3.90. The van der Waals surface area contributed by atoms with Gasteiger partial charge in [0.05, 0.1) is 5.56 Å². The van der Waals surface area contributed by atoms with Gasteiger partial charge in [-0.15, -0.1) is 0 Å². The zero-order chi connectivity index (χ0) is 23.0. The van der Waals surface area contributed by atoms with Crippen LogP contribution in [0.15, 0.2) is 41.4 Å². The monoisotopic (exact) mass is 441 g/mol. The molecule has 166 valence electrons. The topological polar surface area (TPSA) is 67.9 Å². The fourth-order valence-corrected chi connectivity index (χ4v) is 3.90. The number of guanidine groups is 1. The summed E-state index contributed by atoms with van der Waals surface area (Å²) >= 11 is 0. The predicted molar refractivity (Wildman–Crippen MR) is 114 cm³/mol. The minimum absolute atomic E-state index is 0.00129. The van der Waals surface area contributed by atoms with Crippen molar-refractivity contribution >= 4 is 11.9 Å². The SMILES string of the molecule is CCC#Cc1cc(C2(c3ccc(OC(F)F)c(C4CC4)c3)N=C(N)N(C)C2=O)ccc1F. The quantitative estimate of drug-likeness (QED) is 0.711. The number of benzene rings is 2. The van der Waals surface area contributed by atoms with Crippen LogP contribution in [0, 0.1) is 17.7 Å². The number of ether oxygens (including phenoxy) is 1. The van der Waals surface area contributed by atoms with E-state index in [1.165, 1.54) is 42.3 Å². The molecule has 0 aromatic heterocycles. The third kappa shape index (κ3) is 3.68. The lowest BCUT2D eigenvalue weighted by Crippen LogP contribution is -2.41. The lowest BCUT2D eigenvalue weighted by atomic mass is 9.81. The van der Waals surface area contributed by atoms with Crippen molar-refractivity contribution in [2.75, 3.05) is 7.05 Å². The summed E-state index contributed by atoms with van der Waals surface area (Å²) in [4.78, 5) is 19.2. The highest BCUT2D eigenvalue weighted by Gasteiger charge is 2.50. The van der Waals surface area contributed by atoms with E-state index in [1.54, 1.807) is 6.07 Å². The number of nitrogens with two attached hydrogens (primary N) is 1. The van der Waals surface area contributed by atoms with Gasteiger partial charge in [-0.25, -0.2) is 9.38 Å². The van der Waals surface area contributed by atoms with Gasteiger partial charge in [-0.3, -0.25) is 9.69 Å². The minimum atomic E-state index is -2.96. The van der Waals surface area contributed by atoms with Crippen LogP contribution in [0.5, 0.6) is 5.75 Å². The first kappa shape index (κ1) is 21.8. The Morgan fingerprint density at radius 3 is 2.53 bits per heavy atom. The molecule has 2 aliphatic rings. The number of likely N-dealkylation sites (N-methyl/N-ethyl adjacent to an activating group) is 1. The van der Waals surface area contributed by atoms with Gasteiger partial charge in [-0.2, -0.15) is 8.78 Å². The first-order chi connectivity index (χ1) is 15.3. The number of carbonyl (C=O) groups excluding carboxylic acids is 1. The zero-order valence-corrected chi connectivity index (χ0v) is 17.7. The Hall–Kier alpha value is -3.47. The van der Waals surface area contributed by atoms with Gasteiger partial charge in [0.2, 0.25) is 0 Å². The van der Waals surface area contributed by atoms with Gasteiger partial charge in [0, 0.05) is 13.5 Å². The van der Waals surface area contributed by atoms with Crippen molar-refractivity contribution < 1.29 is 22.7 Å². The Kier molecular flexibility index (Phi) is 5.59. The van der Waals surface area contributed by atoms with Crippen molar-refractivity contribution in [3.8, 4) is 17.6 Å². The Morgan fingerprint density at radius 1 is 1.25 bits per heavy atom. The molecule has 1 atom stereocenters. The highest BCUT2D eigenvalue weighted by atomic mass is 19.3. The van der Waals surface area contributed by atoms with E-state index in [2.05, 4.69) is 16.8 Å². The average Bonchev–Trinajstić information content (AvgIpc) is 3.58. The summed E-state index contributed by atoms with van der Waals surface area (Å²) in [5, 5.41) is 0. The molecule has 0 radical (unpaired) electrons. The molecule has 2 aromatic rings. The van der Waals surface area contributed by atoms with E-state index in [1.807, 2.05) is 6.92 Å². The predicted octanol–water partition coefficient (Wildman–Crippen LogP) is 4.10. The summed E-state index contributed by atoms with van der Waals surface area (Å²) in [6.45, 7) is -1.11. The van der Waals surface area contributed by atoms with Crippen LogP contribution in [-0.4, -0.2) is 30.4 Å². The number of hydrogen-bond donors (Lipinski definition) is 1. The Balaban J connectivity index is 1.92. The van der Waals surface area contributed by atoms with E-state index in [4.69, 9.17) is 10.5 Å². The number of hydrogen-bond acceptors (Lipinski definition) is 4. The Labute approximate surface area is 184 Å². The van der Waals surface area contributed by atoms with Gasteiger partial charge in [0.15, 0.2) is 11.5 Å². The maximum absolute atomic E-state index is 14.4. The van der Waals surface area contributed by atoms with E-state index in [9.17, 15) is 18.0 Å². The first-order valence-corrected chi connectivity index (χ1v) is 10.3. The zero-order valence-electron chi connectivity index (χ0n) is 17.7. The van der Waals surface area contributed by atoms with E-state index in [-0.39, 0.29) is 23.2 Å². The van der Waals surface area contributed by atoms with Crippen molar-refractivity contribution in [3.63, 3.8) is 0 Å². The molecular formula is C24H22F3N3O2. The van der Waals surface area contributed by atoms with E-state index >= 15 is 0 Å². The molecule has 5 nitrogen and oxygen atoms in total. The minimum Gasteiger partial charge on any atom is -0.435 e. The van der Waals surface area contributed by atoms with Crippen LogP contribution in [0.25, 0.3) is 0 Å². The van der Waals surface area contributed by atoms with E-state index in [0.29, 0.717) is 23.1 Å². The Morgan fingerprint density at radius 2 is 1.94 bits per heavy atom. The molecular weight excluding hydrogens is 419 g/mol. The van der Waals surface area contributed by atoms with Gasteiger partial charge >= 0.3 is 6.61 Å². The van der Waals surface area contributed by atoms with Gasteiger partial charge < -0.3 is 10.5 Å². The smallest absolute Gasteiger partial charge is 0.387 e. The van der Waals surface area contributed by atoms with Gasteiger partial charge in [-0.1, -0.05) is 30.9 Å². The number of nitrogens with zero attached hydrogens (tertiary/aromatic N) is 2. The summed E-state index contributed by atoms with van der Waals surface area (Å²) in [6, 6.07) is 8.83. The molecule has 2 N–H and O–H groups in total. The van der Waals surface area contributed by atoms with Crippen LogP contribution in [-0.2, 0) is 10.3 Å². The molecule has 1 aliphatic carbocycles. The van der Waals surface area contributed by atoms with Crippen LogP contribution >= 0.6 is 0 Å². The molecule has 2 aromatic carbocycles. The molecule has 1 aliphatic heterocycles. The summed E-state index contributed by atoms with van der Waals surface area (Å²) in [5.74, 6) is 4.80. The summed E-state index contributed by atoms with van der Waals surface area (Å²) < 4.78 is 44.9. The molecule has 8 heteroatoms. The number of halogens is 3.